The normalized spacial score (nSPS) is 12.2. The molecule has 4 nitrogen and oxygen atoms in total. The zero-order chi connectivity index (χ0) is 19.8. The van der Waals surface area contributed by atoms with Gasteiger partial charge in [-0.25, -0.2) is 0 Å². The summed E-state index contributed by atoms with van der Waals surface area (Å²) < 4.78 is 6.15. The molecule has 0 aliphatic carbocycles. The number of aliphatic hydroxyl groups is 1. The number of rotatable bonds is 10. The molecule has 0 aromatic heterocycles. The van der Waals surface area contributed by atoms with Crippen LogP contribution in [0.1, 0.15) is 18.1 Å². The van der Waals surface area contributed by atoms with Gasteiger partial charge in [0, 0.05) is 42.3 Å². The highest BCUT2D eigenvalue weighted by Gasteiger charge is 2.10. The lowest BCUT2D eigenvalue weighted by Gasteiger charge is -2.16. The van der Waals surface area contributed by atoms with Gasteiger partial charge < -0.3 is 20.5 Å². The topological polar surface area (TPSA) is 53.5 Å². The van der Waals surface area contributed by atoms with Crippen LogP contribution < -0.4 is 15.4 Å². The Morgan fingerprint density at radius 1 is 0.964 bits per heavy atom. The lowest BCUT2D eigenvalue weighted by molar-refractivity contribution is 0.191. The Hall–Kier alpha value is -2.11. The van der Waals surface area contributed by atoms with Crippen LogP contribution in [0.3, 0.4) is 0 Å². The van der Waals surface area contributed by atoms with E-state index in [-0.39, 0.29) is 6.10 Å². The summed E-state index contributed by atoms with van der Waals surface area (Å²) in [5.41, 5.74) is 2.11. The van der Waals surface area contributed by atoms with Crippen molar-refractivity contribution in [3.8, 4) is 5.75 Å². The second-order valence-corrected chi connectivity index (χ2v) is 7.28. The van der Waals surface area contributed by atoms with E-state index < -0.39 is 0 Å². The number of hydrogen-bond donors (Lipinski definition) is 3. The first-order valence-electron chi connectivity index (χ1n) is 9.61. The quantitative estimate of drug-likeness (QED) is 0.449. The van der Waals surface area contributed by atoms with Gasteiger partial charge in [0.05, 0.1) is 6.10 Å². The van der Waals surface area contributed by atoms with Crippen molar-refractivity contribution in [3.05, 3.63) is 76.8 Å². The van der Waals surface area contributed by atoms with Crippen LogP contribution >= 0.6 is 11.6 Å². The third kappa shape index (κ3) is 5.69. The van der Waals surface area contributed by atoms with Gasteiger partial charge in [0.25, 0.3) is 0 Å². The molecule has 5 heteroatoms. The van der Waals surface area contributed by atoms with E-state index in [2.05, 4.69) is 28.8 Å². The van der Waals surface area contributed by atoms with E-state index in [0.717, 1.165) is 30.0 Å². The zero-order valence-electron chi connectivity index (χ0n) is 16.1. The first-order chi connectivity index (χ1) is 13.6. The summed E-state index contributed by atoms with van der Waals surface area (Å²) in [4.78, 5) is 0. The fourth-order valence-corrected chi connectivity index (χ4v) is 3.30. The highest BCUT2D eigenvalue weighted by molar-refractivity contribution is 6.31. The Morgan fingerprint density at radius 2 is 1.71 bits per heavy atom. The maximum absolute atomic E-state index is 9.31. The maximum Gasteiger partial charge on any atom is 0.124 e. The lowest BCUT2D eigenvalue weighted by Crippen LogP contribution is -2.31. The van der Waals surface area contributed by atoms with Gasteiger partial charge in [0.15, 0.2) is 0 Å². The van der Waals surface area contributed by atoms with Crippen molar-refractivity contribution >= 4 is 22.4 Å². The maximum atomic E-state index is 9.31. The van der Waals surface area contributed by atoms with Crippen molar-refractivity contribution in [2.24, 2.45) is 0 Å². The van der Waals surface area contributed by atoms with Gasteiger partial charge in [0.1, 0.15) is 12.4 Å². The molecular formula is C23H27ClN2O2. The molecule has 148 valence electrons. The molecule has 3 aromatic rings. The molecule has 1 unspecified atom stereocenters. The summed E-state index contributed by atoms with van der Waals surface area (Å²) in [5.74, 6) is 0.864. The van der Waals surface area contributed by atoms with Crippen LogP contribution in [0.4, 0.5) is 0 Å². The number of benzene rings is 3. The Labute approximate surface area is 171 Å². The van der Waals surface area contributed by atoms with Crippen molar-refractivity contribution in [3.63, 3.8) is 0 Å². The van der Waals surface area contributed by atoms with Gasteiger partial charge in [-0.1, -0.05) is 60.1 Å². The van der Waals surface area contributed by atoms with Crippen LogP contribution in [0.15, 0.2) is 60.7 Å². The van der Waals surface area contributed by atoms with E-state index in [4.69, 9.17) is 16.3 Å². The van der Waals surface area contributed by atoms with E-state index in [0.29, 0.717) is 24.7 Å². The van der Waals surface area contributed by atoms with Crippen molar-refractivity contribution in [1.82, 2.24) is 10.6 Å². The monoisotopic (exact) mass is 398 g/mol. The van der Waals surface area contributed by atoms with Crippen molar-refractivity contribution < 1.29 is 9.84 Å². The van der Waals surface area contributed by atoms with E-state index in [9.17, 15) is 5.11 Å². The summed E-state index contributed by atoms with van der Waals surface area (Å²) in [5, 5.41) is 19.1. The van der Waals surface area contributed by atoms with Crippen LogP contribution in [0.25, 0.3) is 10.8 Å². The zero-order valence-corrected chi connectivity index (χ0v) is 16.9. The molecule has 0 spiro atoms. The Morgan fingerprint density at radius 3 is 2.54 bits per heavy atom. The van der Waals surface area contributed by atoms with Gasteiger partial charge in [-0.05, 0) is 29.8 Å². The fourth-order valence-electron chi connectivity index (χ4n) is 3.11. The second-order valence-electron chi connectivity index (χ2n) is 6.87. The van der Waals surface area contributed by atoms with Crippen LogP contribution in [-0.4, -0.2) is 30.8 Å². The van der Waals surface area contributed by atoms with Crippen LogP contribution in [0.2, 0.25) is 5.02 Å². The molecule has 3 aromatic carbocycles. The molecule has 0 bridgehead atoms. The lowest BCUT2D eigenvalue weighted by atomic mass is 10.0. The molecule has 1 atom stereocenters. The molecule has 3 rings (SSSR count). The molecule has 28 heavy (non-hydrogen) atoms. The summed E-state index contributed by atoms with van der Waals surface area (Å²) in [6.07, 6.45) is -0.331. The highest BCUT2D eigenvalue weighted by Crippen LogP contribution is 2.29. The van der Waals surface area contributed by atoms with Gasteiger partial charge in [0.2, 0.25) is 0 Å². The summed E-state index contributed by atoms with van der Waals surface area (Å²) in [7, 11) is 0. The molecule has 3 N–H and O–H groups in total. The molecule has 0 radical (unpaired) electrons. The minimum Gasteiger partial charge on any atom is -0.488 e. The predicted octanol–water partition coefficient (Wildman–Crippen LogP) is 4.13. The van der Waals surface area contributed by atoms with Crippen LogP contribution in [-0.2, 0) is 13.2 Å². The minimum atomic E-state index is -0.331. The first-order valence-corrected chi connectivity index (χ1v) is 9.99. The Kier molecular flexibility index (Phi) is 7.69. The predicted molar refractivity (Wildman–Crippen MR) is 116 cm³/mol. The largest absolute Gasteiger partial charge is 0.488 e. The highest BCUT2D eigenvalue weighted by atomic mass is 35.5. The van der Waals surface area contributed by atoms with E-state index in [1.165, 1.54) is 10.8 Å². The molecule has 0 heterocycles. The molecule has 0 fully saturated rings. The van der Waals surface area contributed by atoms with Crippen molar-refractivity contribution in [2.75, 3.05) is 19.6 Å². The van der Waals surface area contributed by atoms with Crippen molar-refractivity contribution in [2.45, 2.75) is 26.2 Å². The number of ether oxygens (including phenoxy) is 1. The third-order valence-corrected chi connectivity index (χ3v) is 4.93. The molecule has 0 saturated heterocycles. The SMILES string of the molecule is CC(O)CNCCNCc1c(OCc2ccccc2Cl)ccc2ccccc12. The van der Waals surface area contributed by atoms with E-state index in [1.54, 1.807) is 6.92 Å². The number of aliphatic hydroxyl groups excluding tert-OH is 1. The summed E-state index contributed by atoms with van der Waals surface area (Å²) >= 11 is 6.26. The third-order valence-electron chi connectivity index (χ3n) is 4.56. The molecule has 0 amide bonds. The first kappa shape index (κ1) is 20.6. The number of nitrogens with one attached hydrogen (secondary N) is 2. The molecular weight excluding hydrogens is 372 g/mol. The summed E-state index contributed by atoms with van der Waals surface area (Å²) in [6, 6.07) is 20.2. The van der Waals surface area contributed by atoms with Crippen LogP contribution in [0.5, 0.6) is 5.75 Å². The molecule has 0 aliphatic rings. The average molecular weight is 399 g/mol. The number of hydrogen-bond acceptors (Lipinski definition) is 4. The Balaban J connectivity index is 1.70. The van der Waals surface area contributed by atoms with E-state index in [1.807, 2.05) is 42.5 Å². The molecule has 0 aliphatic heterocycles. The number of halogens is 1. The van der Waals surface area contributed by atoms with Gasteiger partial charge in [-0.3, -0.25) is 0 Å². The van der Waals surface area contributed by atoms with Gasteiger partial charge in [-0.15, -0.1) is 0 Å². The second kappa shape index (κ2) is 10.4. The fraction of sp³-hybridized carbons (Fsp3) is 0.304. The number of fused-ring (bicyclic) bond motifs is 1. The summed E-state index contributed by atoms with van der Waals surface area (Å²) in [6.45, 7) is 5.11. The Bertz CT molecular complexity index is 899. The average Bonchev–Trinajstić information content (AvgIpc) is 2.70. The van der Waals surface area contributed by atoms with Crippen molar-refractivity contribution in [1.29, 1.82) is 0 Å². The molecule has 0 saturated carbocycles. The van der Waals surface area contributed by atoms with E-state index >= 15 is 0 Å². The standard InChI is InChI=1S/C23H27ClN2O2/c1-17(27)14-25-12-13-26-15-21-20-8-4-2-6-18(20)10-11-23(21)28-16-19-7-3-5-9-22(19)24/h2-11,17,25-27H,12-16H2,1H3. The van der Waals surface area contributed by atoms with Crippen LogP contribution in [0, 0.1) is 0 Å². The smallest absolute Gasteiger partial charge is 0.124 e. The van der Waals surface area contributed by atoms with Gasteiger partial charge >= 0.3 is 0 Å². The minimum absolute atomic E-state index is 0.331. The van der Waals surface area contributed by atoms with Gasteiger partial charge in [-0.2, -0.15) is 0 Å².